The van der Waals surface area contributed by atoms with Crippen molar-refractivity contribution in [2.45, 2.75) is 6.54 Å². The molecule has 1 aromatic carbocycles. The van der Waals surface area contributed by atoms with Gasteiger partial charge in [-0.3, -0.25) is 0 Å². The molecule has 0 spiro atoms. The quantitative estimate of drug-likeness (QED) is 0.790. The third kappa shape index (κ3) is 3.59. The summed E-state index contributed by atoms with van der Waals surface area (Å²) in [6.45, 7) is 4.87. The Kier molecular flexibility index (Phi) is 4.30. The first-order valence-corrected chi connectivity index (χ1v) is 5.70. The fourth-order valence-electron chi connectivity index (χ4n) is 1.45. The second-order valence-electron chi connectivity index (χ2n) is 3.72. The molecule has 0 radical (unpaired) electrons. The van der Waals surface area contributed by atoms with Crippen LogP contribution in [0.2, 0.25) is 0 Å². The smallest absolute Gasteiger partial charge is 0.119 e. The van der Waals surface area contributed by atoms with E-state index in [1.807, 2.05) is 24.3 Å². The Morgan fingerprint density at radius 3 is 2.56 bits per heavy atom. The number of nitrogens with zero attached hydrogens (tertiary/aromatic N) is 2. The summed E-state index contributed by atoms with van der Waals surface area (Å²) < 4.78 is 5.41. The van der Waals surface area contributed by atoms with Gasteiger partial charge >= 0.3 is 0 Å². The zero-order chi connectivity index (χ0) is 12.6. The maximum Gasteiger partial charge on any atom is 0.119 e. The zero-order valence-corrected chi connectivity index (χ0v) is 10.0. The molecule has 0 fully saturated rings. The molecular formula is C14H15N3O. The minimum Gasteiger partial charge on any atom is -0.490 e. The van der Waals surface area contributed by atoms with Gasteiger partial charge in [0.2, 0.25) is 0 Å². The highest BCUT2D eigenvalue weighted by Gasteiger charge is 1.96. The van der Waals surface area contributed by atoms with Gasteiger partial charge in [0.1, 0.15) is 18.7 Å². The van der Waals surface area contributed by atoms with Crippen LogP contribution in [0.25, 0.3) is 0 Å². The highest BCUT2D eigenvalue weighted by molar-refractivity contribution is 5.39. The summed E-state index contributed by atoms with van der Waals surface area (Å²) in [7, 11) is 0. The van der Waals surface area contributed by atoms with Gasteiger partial charge in [-0.25, -0.2) is 9.97 Å². The molecule has 0 atom stereocenters. The number of ether oxygens (including phenoxy) is 1. The average Bonchev–Trinajstić information content (AvgIpc) is 2.45. The lowest BCUT2D eigenvalue weighted by Crippen LogP contribution is -2.00. The van der Waals surface area contributed by atoms with E-state index in [9.17, 15) is 0 Å². The molecule has 4 heteroatoms. The summed E-state index contributed by atoms with van der Waals surface area (Å²) in [5.74, 6) is 0.849. The predicted octanol–water partition coefficient (Wildman–Crippen LogP) is 2.65. The molecule has 0 amide bonds. The Morgan fingerprint density at radius 2 is 1.89 bits per heavy atom. The lowest BCUT2D eigenvalue weighted by molar-refractivity contribution is 0.363. The van der Waals surface area contributed by atoms with Crippen molar-refractivity contribution in [3.8, 4) is 5.75 Å². The van der Waals surface area contributed by atoms with Crippen LogP contribution in [0.1, 0.15) is 5.56 Å². The minimum absolute atomic E-state index is 0.527. The van der Waals surface area contributed by atoms with Crippen molar-refractivity contribution in [2.24, 2.45) is 0 Å². The topological polar surface area (TPSA) is 47.0 Å². The Morgan fingerprint density at radius 1 is 1.17 bits per heavy atom. The van der Waals surface area contributed by atoms with Crippen LogP contribution in [-0.2, 0) is 6.54 Å². The molecule has 0 unspecified atom stereocenters. The number of benzene rings is 1. The summed E-state index contributed by atoms with van der Waals surface area (Å²) in [6, 6.07) is 7.94. The Hall–Kier alpha value is -2.36. The molecule has 0 saturated heterocycles. The van der Waals surface area contributed by atoms with Crippen molar-refractivity contribution >= 4 is 5.69 Å². The second-order valence-corrected chi connectivity index (χ2v) is 3.72. The maximum atomic E-state index is 5.41. The first kappa shape index (κ1) is 12.1. The number of nitrogens with one attached hydrogen (secondary N) is 1. The van der Waals surface area contributed by atoms with E-state index in [0.29, 0.717) is 6.61 Å². The lowest BCUT2D eigenvalue weighted by Gasteiger charge is -2.07. The van der Waals surface area contributed by atoms with Crippen LogP contribution in [0.5, 0.6) is 5.75 Å². The second kappa shape index (κ2) is 6.39. The van der Waals surface area contributed by atoms with Gasteiger partial charge in [-0.05, 0) is 17.7 Å². The molecule has 1 heterocycles. The molecule has 2 aromatic rings. The lowest BCUT2D eigenvalue weighted by atomic mass is 10.2. The van der Waals surface area contributed by atoms with Gasteiger partial charge in [-0.15, -0.1) is 0 Å². The van der Waals surface area contributed by atoms with Gasteiger partial charge in [-0.1, -0.05) is 24.8 Å². The standard InChI is InChI=1S/C14H15N3O/c1-2-7-18-14-5-3-12(4-6-14)8-17-13-9-15-11-16-10-13/h2-6,9-11,17H,1,7-8H2. The summed E-state index contributed by atoms with van der Waals surface area (Å²) in [5, 5.41) is 3.24. The van der Waals surface area contributed by atoms with E-state index >= 15 is 0 Å². The van der Waals surface area contributed by atoms with E-state index in [2.05, 4.69) is 21.9 Å². The largest absolute Gasteiger partial charge is 0.490 e. The molecule has 4 nitrogen and oxygen atoms in total. The molecular weight excluding hydrogens is 226 g/mol. The van der Waals surface area contributed by atoms with Crippen LogP contribution < -0.4 is 10.1 Å². The van der Waals surface area contributed by atoms with Gasteiger partial charge in [-0.2, -0.15) is 0 Å². The van der Waals surface area contributed by atoms with Crippen molar-refractivity contribution in [1.29, 1.82) is 0 Å². The van der Waals surface area contributed by atoms with E-state index in [0.717, 1.165) is 18.0 Å². The first-order valence-electron chi connectivity index (χ1n) is 5.70. The Labute approximate surface area is 106 Å². The van der Waals surface area contributed by atoms with Gasteiger partial charge in [0.15, 0.2) is 0 Å². The first-order chi connectivity index (χ1) is 8.88. The number of rotatable bonds is 6. The van der Waals surface area contributed by atoms with Crippen molar-refractivity contribution in [3.63, 3.8) is 0 Å². The molecule has 0 saturated carbocycles. The van der Waals surface area contributed by atoms with E-state index < -0.39 is 0 Å². The fraction of sp³-hybridized carbons (Fsp3) is 0.143. The van der Waals surface area contributed by atoms with Crippen LogP contribution in [0.4, 0.5) is 5.69 Å². The van der Waals surface area contributed by atoms with Gasteiger partial charge < -0.3 is 10.1 Å². The number of aromatic nitrogens is 2. The van der Waals surface area contributed by atoms with Crippen LogP contribution in [0.15, 0.2) is 55.6 Å². The summed E-state index contributed by atoms with van der Waals surface area (Å²) >= 11 is 0. The van der Waals surface area contributed by atoms with E-state index in [4.69, 9.17) is 4.74 Å². The van der Waals surface area contributed by atoms with Gasteiger partial charge in [0, 0.05) is 6.54 Å². The minimum atomic E-state index is 0.527. The fourth-order valence-corrected chi connectivity index (χ4v) is 1.45. The Bertz CT molecular complexity index is 482. The zero-order valence-electron chi connectivity index (χ0n) is 10.0. The molecule has 0 bridgehead atoms. The summed E-state index contributed by atoms with van der Waals surface area (Å²) in [6.07, 6.45) is 6.73. The van der Waals surface area contributed by atoms with Crippen LogP contribution >= 0.6 is 0 Å². The average molecular weight is 241 g/mol. The molecule has 1 aromatic heterocycles. The number of hydrogen-bond acceptors (Lipinski definition) is 4. The Balaban J connectivity index is 1.88. The summed E-state index contributed by atoms with van der Waals surface area (Å²) in [5.41, 5.74) is 2.08. The monoisotopic (exact) mass is 241 g/mol. The maximum absolute atomic E-state index is 5.41. The molecule has 92 valence electrons. The van der Waals surface area contributed by atoms with E-state index in [-0.39, 0.29) is 0 Å². The molecule has 18 heavy (non-hydrogen) atoms. The van der Waals surface area contributed by atoms with Crippen LogP contribution in [-0.4, -0.2) is 16.6 Å². The van der Waals surface area contributed by atoms with E-state index in [1.54, 1.807) is 18.5 Å². The van der Waals surface area contributed by atoms with Crippen molar-refractivity contribution < 1.29 is 4.74 Å². The molecule has 2 rings (SSSR count). The third-order valence-corrected chi connectivity index (χ3v) is 2.35. The van der Waals surface area contributed by atoms with Crippen molar-refractivity contribution in [3.05, 3.63) is 61.2 Å². The van der Waals surface area contributed by atoms with Crippen LogP contribution in [0, 0.1) is 0 Å². The molecule has 1 N–H and O–H groups in total. The normalized spacial score (nSPS) is 9.78. The van der Waals surface area contributed by atoms with Gasteiger partial charge in [0.05, 0.1) is 18.1 Å². The van der Waals surface area contributed by atoms with Gasteiger partial charge in [0.25, 0.3) is 0 Å². The van der Waals surface area contributed by atoms with Crippen molar-refractivity contribution in [1.82, 2.24) is 9.97 Å². The summed E-state index contributed by atoms with van der Waals surface area (Å²) in [4.78, 5) is 7.88. The number of hydrogen-bond donors (Lipinski definition) is 1. The predicted molar refractivity (Wildman–Crippen MR) is 71.5 cm³/mol. The van der Waals surface area contributed by atoms with E-state index in [1.165, 1.54) is 11.9 Å². The number of anilines is 1. The highest BCUT2D eigenvalue weighted by Crippen LogP contribution is 2.13. The third-order valence-electron chi connectivity index (χ3n) is 2.35. The van der Waals surface area contributed by atoms with Crippen molar-refractivity contribution in [2.75, 3.05) is 11.9 Å². The molecule has 0 aliphatic carbocycles. The SMILES string of the molecule is C=CCOc1ccc(CNc2cncnc2)cc1. The van der Waals surface area contributed by atoms with Crippen LogP contribution in [0.3, 0.4) is 0 Å². The molecule has 0 aliphatic rings. The molecule has 0 aliphatic heterocycles. The highest BCUT2D eigenvalue weighted by atomic mass is 16.5.